The lowest BCUT2D eigenvalue weighted by atomic mass is 10.0. The van der Waals surface area contributed by atoms with Crippen LogP contribution in [0.3, 0.4) is 0 Å². The van der Waals surface area contributed by atoms with Gasteiger partial charge in [-0.3, -0.25) is 19.2 Å². The van der Waals surface area contributed by atoms with E-state index < -0.39 is 60.2 Å². The number of benzene rings is 1. The number of carbonyl (C=O) groups is 5. The van der Waals surface area contributed by atoms with Gasteiger partial charge in [-0.15, -0.1) is 0 Å². The van der Waals surface area contributed by atoms with Crippen molar-refractivity contribution in [1.82, 2.24) is 16.0 Å². The van der Waals surface area contributed by atoms with E-state index in [0.717, 1.165) is 0 Å². The molecule has 0 radical (unpaired) electrons. The highest BCUT2D eigenvalue weighted by Crippen LogP contribution is 2.12. The fraction of sp³-hybridized carbons (Fsp3) is 0.500. The number of thiol groups is 1. The van der Waals surface area contributed by atoms with E-state index in [1.54, 1.807) is 26.0 Å². The summed E-state index contributed by atoms with van der Waals surface area (Å²) in [5, 5.41) is 34.5. The smallest absolute Gasteiger partial charge is 0.327 e. The first-order valence-corrected chi connectivity index (χ1v) is 11.5. The van der Waals surface area contributed by atoms with Crippen LogP contribution in [0, 0.1) is 5.92 Å². The molecule has 0 aliphatic heterocycles. The topological polar surface area (TPSA) is 208 Å². The summed E-state index contributed by atoms with van der Waals surface area (Å²) in [5.41, 5.74) is 6.66. The zero-order valence-corrected chi connectivity index (χ0v) is 20.3. The number of aliphatic carboxylic acids is 2. The lowest BCUT2D eigenvalue weighted by Gasteiger charge is -2.25. The van der Waals surface area contributed by atoms with Gasteiger partial charge in [0.1, 0.15) is 23.9 Å². The summed E-state index contributed by atoms with van der Waals surface area (Å²) in [4.78, 5) is 60.4. The molecule has 4 atom stereocenters. The predicted molar refractivity (Wildman–Crippen MR) is 129 cm³/mol. The molecule has 35 heavy (non-hydrogen) atoms. The van der Waals surface area contributed by atoms with Crippen LogP contribution in [0.4, 0.5) is 0 Å². The second kappa shape index (κ2) is 14.2. The Hall–Kier alpha value is -3.32. The quantitative estimate of drug-likeness (QED) is 0.147. The largest absolute Gasteiger partial charge is 0.508 e. The van der Waals surface area contributed by atoms with E-state index in [2.05, 4.69) is 28.6 Å². The molecule has 0 aliphatic rings. The van der Waals surface area contributed by atoms with Crippen molar-refractivity contribution >= 4 is 42.3 Å². The molecular weight excluding hydrogens is 480 g/mol. The molecule has 194 valence electrons. The summed E-state index contributed by atoms with van der Waals surface area (Å²) in [6.45, 7) is 3.60. The third-order valence-electron chi connectivity index (χ3n) is 4.88. The van der Waals surface area contributed by atoms with E-state index in [1.807, 2.05) is 0 Å². The third kappa shape index (κ3) is 10.6. The molecular formula is C22H32N4O8S. The lowest BCUT2D eigenvalue weighted by molar-refractivity contribution is -0.143. The number of nitrogens with two attached hydrogens (primary N) is 1. The third-order valence-corrected chi connectivity index (χ3v) is 5.24. The number of phenols is 1. The molecule has 4 unspecified atom stereocenters. The Balaban J connectivity index is 2.94. The highest BCUT2D eigenvalue weighted by Gasteiger charge is 2.31. The minimum atomic E-state index is -1.58. The van der Waals surface area contributed by atoms with Crippen LogP contribution in [0.5, 0.6) is 5.75 Å². The first-order valence-electron chi connectivity index (χ1n) is 10.8. The molecule has 1 aromatic carbocycles. The maximum absolute atomic E-state index is 12.9. The van der Waals surface area contributed by atoms with Gasteiger partial charge in [-0.2, -0.15) is 12.6 Å². The van der Waals surface area contributed by atoms with Crippen molar-refractivity contribution in [2.24, 2.45) is 11.7 Å². The summed E-state index contributed by atoms with van der Waals surface area (Å²) < 4.78 is 0. The number of aromatic hydroxyl groups is 1. The Morgan fingerprint density at radius 1 is 0.886 bits per heavy atom. The van der Waals surface area contributed by atoms with E-state index in [0.29, 0.717) is 5.56 Å². The molecule has 12 nitrogen and oxygen atoms in total. The van der Waals surface area contributed by atoms with Crippen LogP contribution in [-0.4, -0.2) is 74.9 Å². The molecule has 0 saturated carbocycles. The average molecular weight is 513 g/mol. The van der Waals surface area contributed by atoms with Gasteiger partial charge >= 0.3 is 11.9 Å². The summed E-state index contributed by atoms with van der Waals surface area (Å²) in [7, 11) is 0. The van der Waals surface area contributed by atoms with Crippen molar-refractivity contribution in [1.29, 1.82) is 0 Å². The maximum atomic E-state index is 12.9. The van der Waals surface area contributed by atoms with E-state index in [4.69, 9.17) is 15.9 Å². The molecule has 0 aliphatic carbocycles. The minimum Gasteiger partial charge on any atom is -0.508 e. The van der Waals surface area contributed by atoms with Gasteiger partial charge in [0.2, 0.25) is 17.7 Å². The summed E-state index contributed by atoms with van der Waals surface area (Å²) in [6, 6.07) is 0.985. The number of phenolic OH excluding ortho intramolecular Hbond substituents is 1. The van der Waals surface area contributed by atoms with Crippen LogP contribution >= 0.6 is 12.6 Å². The summed E-state index contributed by atoms with van der Waals surface area (Å²) >= 11 is 3.83. The SMILES string of the molecule is CC(C)CC(NC(=O)C(N)Cc1ccc(O)cc1)C(=O)NC(CC(=O)O)C(=O)NC(CS)C(=O)O. The van der Waals surface area contributed by atoms with Gasteiger partial charge < -0.3 is 37.0 Å². The van der Waals surface area contributed by atoms with Gasteiger partial charge in [0.15, 0.2) is 0 Å². The fourth-order valence-electron chi connectivity index (χ4n) is 3.07. The van der Waals surface area contributed by atoms with Crippen molar-refractivity contribution in [3.8, 4) is 5.75 Å². The van der Waals surface area contributed by atoms with Crippen LogP contribution in [0.1, 0.15) is 32.3 Å². The Bertz CT molecular complexity index is 909. The second-order valence-electron chi connectivity index (χ2n) is 8.41. The van der Waals surface area contributed by atoms with Crippen LogP contribution in [-0.2, 0) is 30.4 Å². The monoisotopic (exact) mass is 512 g/mol. The number of carboxylic acids is 2. The van der Waals surface area contributed by atoms with E-state index in [9.17, 15) is 29.1 Å². The second-order valence-corrected chi connectivity index (χ2v) is 8.77. The molecule has 0 aromatic heterocycles. The fourth-order valence-corrected chi connectivity index (χ4v) is 3.32. The normalized spacial score (nSPS) is 14.3. The molecule has 0 heterocycles. The highest BCUT2D eigenvalue weighted by molar-refractivity contribution is 7.80. The van der Waals surface area contributed by atoms with Gasteiger partial charge in [0, 0.05) is 5.75 Å². The van der Waals surface area contributed by atoms with Crippen molar-refractivity contribution in [3.05, 3.63) is 29.8 Å². The number of carbonyl (C=O) groups excluding carboxylic acids is 3. The Labute approximate surface area is 208 Å². The zero-order chi connectivity index (χ0) is 26.7. The number of rotatable bonds is 14. The van der Waals surface area contributed by atoms with E-state index >= 15 is 0 Å². The van der Waals surface area contributed by atoms with Gasteiger partial charge in [0.05, 0.1) is 12.5 Å². The Morgan fingerprint density at radius 3 is 1.89 bits per heavy atom. The van der Waals surface area contributed by atoms with Gasteiger partial charge in [0.25, 0.3) is 0 Å². The molecule has 0 saturated heterocycles. The van der Waals surface area contributed by atoms with Crippen LogP contribution < -0.4 is 21.7 Å². The molecule has 0 spiro atoms. The Kier molecular flexibility index (Phi) is 12.0. The predicted octanol–water partition coefficient (Wildman–Crippen LogP) is -0.748. The molecule has 8 N–H and O–H groups in total. The average Bonchev–Trinajstić information content (AvgIpc) is 2.76. The lowest BCUT2D eigenvalue weighted by Crippen LogP contribution is -2.58. The van der Waals surface area contributed by atoms with Gasteiger partial charge in [-0.25, -0.2) is 4.79 Å². The number of hydrogen-bond acceptors (Lipinski definition) is 8. The number of nitrogens with one attached hydrogen (secondary N) is 3. The van der Waals surface area contributed by atoms with Gasteiger partial charge in [-0.1, -0.05) is 26.0 Å². The van der Waals surface area contributed by atoms with E-state index in [1.165, 1.54) is 12.1 Å². The molecule has 13 heteroatoms. The van der Waals surface area contributed by atoms with Crippen molar-refractivity contribution in [3.63, 3.8) is 0 Å². The molecule has 1 aromatic rings. The zero-order valence-electron chi connectivity index (χ0n) is 19.4. The first kappa shape index (κ1) is 29.7. The van der Waals surface area contributed by atoms with Crippen molar-refractivity contribution in [2.75, 3.05) is 5.75 Å². The summed E-state index contributed by atoms with van der Waals surface area (Å²) in [6.07, 6.45) is -0.509. The van der Waals surface area contributed by atoms with Crippen molar-refractivity contribution < 1.29 is 39.3 Å². The highest BCUT2D eigenvalue weighted by atomic mass is 32.1. The van der Waals surface area contributed by atoms with Gasteiger partial charge in [-0.05, 0) is 36.5 Å². The molecule has 0 fully saturated rings. The Morgan fingerprint density at radius 2 is 1.40 bits per heavy atom. The number of amides is 3. The standard InChI is InChI=1S/C22H32N4O8S/c1-11(2)7-15(24-19(30)14(23)8-12-3-5-13(27)6-4-12)20(31)25-16(9-18(28)29)21(32)26-17(10-35)22(33)34/h3-6,11,14-17,27,35H,7-10,23H2,1-2H3,(H,24,30)(H,25,31)(H,26,32)(H,28,29)(H,33,34). The van der Waals surface area contributed by atoms with Crippen LogP contribution in [0.15, 0.2) is 24.3 Å². The minimum absolute atomic E-state index is 0.0597. The first-order chi connectivity index (χ1) is 16.3. The van der Waals surface area contributed by atoms with E-state index in [-0.39, 0.29) is 30.3 Å². The molecule has 1 rings (SSSR count). The summed E-state index contributed by atoms with van der Waals surface area (Å²) in [5.74, 6) is -5.50. The molecule has 3 amide bonds. The van der Waals surface area contributed by atoms with Crippen molar-refractivity contribution in [2.45, 2.75) is 57.3 Å². The number of hydrogen-bond donors (Lipinski definition) is 8. The number of carboxylic acid groups (broad SMARTS) is 2. The van der Waals surface area contributed by atoms with Crippen LogP contribution in [0.25, 0.3) is 0 Å². The van der Waals surface area contributed by atoms with Crippen LogP contribution in [0.2, 0.25) is 0 Å². The molecule has 0 bridgehead atoms. The maximum Gasteiger partial charge on any atom is 0.327 e.